The van der Waals surface area contributed by atoms with Gasteiger partial charge in [-0.25, -0.2) is 13.2 Å². The van der Waals surface area contributed by atoms with Crippen molar-refractivity contribution in [3.05, 3.63) is 107 Å². The van der Waals surface area contributed by atoms with E-state index >= 15 is 0 Å². The molecule has 3 aromatic rings. The summed E-state index contributed by atoms with van der Waals surface area (Å²) >= 11 is 0. The van der Waals surface area contributed by atoms with Gasteiger partial charge in [0.05, 0.1) is 6.07 Å². The van der Waals surface area contributed by atoms with E-state index < -0.39 is 22.9 Å². The summed E-state index contributed by atoms with van der Waals surface area (Å²) in [4.78, 5) is 0. The Hall–Kier alpha value is -3.06. The maximum atomic E-state index is 14.5. The van der Waals surface area contributed by atoms with Gasteiger partial charge in [-0.3, -0.25) is 0 Å². The molecule has 0 aliphatic rings. The SMILES string of the molecule is N#CC(c1ccc(F)cc1)(c1ccccc1F)c1ccccc1F. The van der Waals surface area contributed by atoms with Crippen LogP contribution in [0.3, 0.4) is 0 Å². The Labute approximate surface area is 137 Å². The highest BCUT2D eigenvalue weighted by atomic mass is 19.1. The zero-order chi connectivity index (χ0) is 17.2. The summed E-state index contributed by atoms with van der Waals surface area (Å²) in [6.07, 6.45) is 0. The summed E-state index contributed by atoms with van der Waals surface area (Å²) in [5, 5.41) is 9.98. The normalized spacial score (nSPS) is 11.1. The summed E-state index contributed by atoms with van der Waals surface area (Å²) in [5.74, 6) is -1.76. The van der Waals surface area contributed by atoms with Gasteiger partial charge < -0.3 is 0 Å². The van der Waals surface area contributed by atoms with Crippen molar-refractivity contribution in [2.24, 2.45) is 0 Å². The average molecular weight is 323 g/mol. The van der Waals surface area contributed by atoms with Crippen LogP contribution in [-0.4, -0.2) is 0 Å². The topological polar surface area (TPSA) is 23.8 Å². The molecule has 0 N–H and O–H groups in total. The highest BCUT2D eigenvalue weighted by Gasteiger charge is 2.40. The molecule has 0 aliphatic heterocycles. The second kappa shape index (κ2) is 6.21. The molecule has 118 valence electrons. The lowest BCUT2D eigenvalue weighted by molar-refractivity contribution is 0.560. The van der Waals surface area contributed by atoms with Crippen LogP contribution in [0.5, 0.6) is 0 Å². The summed E-state index contributed by atoms with van der Waals surface area (Å²) < 4.78 is 42.3. The molecule has 0 aliphatic carbocycles. The van der Waals surface area contributed by atoms with Crippen molar-refractivity contribution in [2.45, 2.75) is 5.41 Å². The third kappa shape index (κ3) is 2.44. The Bertz CT molecular complexity index is 865. The first-order valence-corrected chi connectivity index (χ1v) is 7.27. The van der Waals surface area contributed by atoms with E-state index in [1.165, 1.54) is 60.7 Å². The van der Waals surface area contributed by atoms with Crippen LogP contribution < -0.4 is 0 Å². The first-order valence-electron chi connectivity index (χ1n) is 7.27. The van der Waals surface area contributed by atoms with Gasteiger partial charge in [0.2, 0.25) is 0 Å². The molecule has 1 nitrogen and oxygen atoms in total. The third-order valence-corrected chi connectivity index (χ3v) is 4.00. The third-order valence-electron chi connectivity index (χ3n) is 4.00. The highest BCUT2D eigenvalue weighted by molar-refractivity contribution is 5.57. The van der Waals surface area contributed by atoms with Gasteiger partial charge in [-0.15, -0.1) is 0 Å². The highest BCUT2D eigenvalue weighted by Crippen LogP contribution is 2.41. The quantitative estimate of drug-likeness (QED) is 0.625. The molecule has 0 heterocycles. The van der Waals surface area contributed by atoms with Gasteiger partial charge in [0.25, 0.3) is 0 Å². The van der Waals surface area contributed by atoms with Crippen LogP contribution in [0.4, 0.5) is 13.2 Å². The van der Waals surface area contributed by atoms with Crippen molar-refractivity contribution in [3.63, 3.8) is 0 Å². The Balaban J connectivity index is 2.41. The van der Waals surface area contributed by atoms with Crippen molar-refractivity contribution in [2.75, 3.05) is 0 Å². The zero-order valence-corrected chi connectivity index (χ0v) is 12.5. The number of rotatable bonds is 3. The molecule has 3 aromatic carbocycles. The molecule has 4 heteroatoms. The van der Waals surface area contributed by atoms with Gasteiger partial charge in [-0.1, -0.05) is 48.5 Å². The molecule has 0 saturated carbocycles. The number of nitrogens with zero attached hydrogens (tertiary/aromatic N) is 1. The van der Waals surface area contributed by atoms with E-state index in [1.54, 1.807) is 12.1 Å². The molecule has 24 heavy (non-hydrogen) atoms. The van der Waals surface area contributed by atoms with Crippen molar-refractivity contribution in [3.8, 4) is 6.07 Å². The van der Waals surface area contributed by atoms with Gasteiger partial charge in [-0.05, 0) is 29.8 Å². The Kier molecular flexibility index (Phi) is 4.09. The fourth-order valence-electron chi connectivity index (χ4n) is 2.87. The van der Waals surface area contributed by atoms with Crippen molar-refractivity contribution in [1.29, 1.82) is 5.26 Å². The molecule has 0 unspecified atom stereocenters. The fraction of sp³-hybridized carbons (Fsp3) is 0.0500. The largest absolute Gasteiger partial charge is 0.207 e. The summed E-state index contributed by atoms with van der Waals surface area (Å²) in [7, 11) is 0. The van der Waals surface area contributed by atoms with Crippen LogP contribution in [0.15, 0.2) is 72.8 Å². The molecular formula is C20H12F3N. The van der Waals surface area contributed by atoms with Gasteiger partial charge in [0.15, 0.2) is 0 Å². The smallest absolute Gasteiger partial charge is 0.138 e. The van der Waals surface area contributed by atoms with Crippen LogP contribution in [0.2, 0.25) is 0 Å². The average Bonchev–Trinajstić information content (AvgIpc) is 2.60. The standard InChI is InChI=1S/C20H12F3N/c21-15-11-9-14(10-12-15)20(13-24,16-5-1-3-7-18(16)22)17-6-2-4-8-19(17)23/h1-12H. The first-order chi connectivity index (χ1) is 11.6. The van der Waals surface area contributed by atoms with E-state index in [0.29, 0.717) is 5.56 Å². The van der Waals surface area contributed by atoms with E-state index in [2.05, 4.69) is 6.07 Å². The predicted octanol–water partition coefficient (Wildman–Crippen LogP) is 4.96. The van der Waals surface area contributed by atoms with E-state index in [-0.39, 0.29) is 11.1 Å². The minimum absolute atomic E-state index is 0.0178. The number of halogens is 3. The van der Waals surface area contributed by atoms with E-state index in [0.717, 1.165) is 0 Å². The van der Waals surface area contributed by atoms with Gasteiger partial charge in [0.1, 0.15) is 22.9 Å². The van der Waals surface area contributed by atoms with Gasteiger partial charge in [-0.2, -0.15) is 5.26 Å². The molecule has 3 rings (SSSR count). The van der Waals surface area contributed by atoms with Crippen LogP contribution in [0, 0.1) is 28.8 Å². The lowest BCUT2D eigenvalue weighted by Crippen LogP contribution is -2.30. The summed E-state index contributed by atoms with van der Waals surface area (Å²) in [6, 6.07) is 18.6. The van der Waals surface area contributed by atoms with Gasteiger partial charge in [0, 0.05) is 11.1 Å². The van der Waals surface area contributed by atoms with Crippen molar-refractivity contribution < 1.29 is 13.2 Å². The molecule has 0 spiro atoms. The number of nitriles is 1. The monoisotopic (exact) mass is 323 g/mol. The Morgan fingerprint density at radius 3 is 1.54 bits per heavy atom. The molecule has 0 bridgehead atoms. The molecule has 0 amide bonds. The van der Waals surface area contributed by atoms with Crippen LogP contribution in [0.25, 0.3) is 0 Å². The number of hydrogen-bond donors (Lipinski definition) is 0. The van der Waals surface area contributed by atoms with Crippen molar-refractivity contribution >= 4 is 0 Å². The van der Waals surface area contributed by atoms with Crippen LogP contribution in [-0.2, 0) is 5.41 Å². The lowest BCUT2D eigenvalue weighted by Gasteiger charge is -2.29. The molecule has 0 aromatic heterocycles. The zero-order valence-electron chi connectivity index (χ0n) is 12.5. The lowest BCUT2D eigenvalue weighted by atomic mass is 9.70. The van der Waals surface area contributed by atoms with Crippen LogP contribution >= 0.6 is 0 Å². The molecule has 0 fully saturated rings. The van der Waals surface area contributed by atoms with E-state index in [9.17, 15) is 18.4 Å². The Morgan fingerprint density at radius 1 is 0.667 bits per heavy atom. The predicted molar refractivity (Wildman–Crippen MR) is 84.7 cm³/mol. The maximum absolute atomic E-state index is 14.5. The molecule has 0 radical (unpaired) electrons. The van der Waals surface area contributed by atoms with Crippen LogP contribution in [0.1, 0.15) is 16.7 Å². The number of hydrogen-bond acceptors (Lipinski definition) is 1. The second-order valence-corrected chi connectivity index (χ2v) is 5.33. The van der Waals surface area contributed by atoms with E-state index in [4.69, 9.17) is 0 Å². The number of benzene rings is 3. The first kappa shape index (κ1) is 15.8. The molecule has 0 atom stereocenters. The maximum Gasteiger partial charge on any atom is 0.138 e. The molecular weight excluding hydrogens is 311 g/mol. The van der Waals surface area contributed by atoms with Crippen molar-refractivity contribution in [1.82, 2.24) is 0 Å². The Morgan fingerprint density at radius 2 is 1.12 bits per heavy atom. The second-order valence-electron chi connectivity index (χ2n) is 5.33. The summed E-state index contributed by atoms with van der Waals surface area (Å²) in [5.41, 5.74) is -1.39. The minimum Gasteiger partial charge on any atom is -0.207 e. The minimum atomic E-state index is -1.72. The van der Waals surface area contributed by atoms with E-state index in [1.807, 2.05) is 0 Å². The molecule has 0 saturated heterocycles. The van der Waals surface area contributed by atoms with Gasteiger partial charge >= 0.3 is 0 Å². The fourth-order valence-corrected chi connectivity index (χ4v) is 2.87. The summed E-state index contributed by atoms with van der Waals surface area (Å²) in [6.45, 7) is 0.